The Hall–Kier alpha value is -2.17. The molecule has 2 heterocycles. The van der Waals surface area contributed by atoms with E-state index >= 15 is 0 Å². The highest BCUT2D eigenvalue weighted by atomic mass is 127. The molecule has 1 saturated carbocycles. The number of guanidine groups is 1. The molecule has 4 rings (SSSR count). The third-order valence-corrected chi connectivity index (χ3v) is 5.93. The van der Waals surface area contributed by atoms with Gasteiger partial charge in [-0.3, -0.25) is 4.79 Å². The van der Waals surface area contributed by atoms with E-state index in [0.717, 1.165) is 56.1 Å². The summed E-state index contributed by atoms with van der Waals surface area (Å²) in [6.07, 6.45) is 8.70. The van der Waals surface area contributed by atoms with Crippen LogP contribution in [0.3, 0.4) is 0 Å². The largest absolute Gasteiger partial charge is 0.357 e. The van der Waals surface area contributed by atoms with Crippen molar-refractivity contribution >= 4 is 35.8 Å². The van der Waals surface area contributed by atoms with Crippen LogP contribution < -0.4 is 10.6 Å². The van der Waals surface area contributed by atoms with Gasteiger partial charge in [0.2, 0.25) is 5.91 Å². The second kappa shape index (κ2) is 11.4. The summed E-state index contributed by atoms with van der Waals surface area (Å²) in [6, 6.07) is 8.40. The normalized spacial score (nSPS) is 19.3. The Kier molecular flexibility index (Phi) is 8.68. The number of halogens is 1. The van der Waals surface area contributed by atoms with E-state index in [0.29, 0.717) is 12.5 Å². The van der Waals surface area contributed by atoms with Crippen molar-refractivity contribution in [1.29, 1.82) is 0 Å². The lowest BCUT2D eigenvalue weighted by Gasteiger charge is -2.21. The zero-order valence-corrected chi connectivity index (χ0v) is 20.4. The monoisotopic (exact) mass is 537 g/mol. The van der Waals surface area contributed by atoms with Gasteiger partial charge < -0.3 is 15.5 Å². The van der Waals surface area contributed by atoms with E-state index in [4.69, 9.17) is 4.99 Å². The maximum Gasteiger partial charge on any atom is 0.225 e. The SMILES string of the molecule is CCNC(=NCc1ccc(-n2cncn2)cc1)NC1CCN(C(=O)C2CCCC2)C1.I. The van der Waals surface area contributed by atoms with E-state index in [1.807, 2.05) is 17.0 Å². The number of carbonyl (C=O) groups excluding carboxylic acids is 1. The third-order valence-electron chi connectivity index (χ3n) is 5.93. The molecular formula is C22H32IN7O. The second-order valence-corrected chi connectivity index (χ2v) is 8.10. The number of nitrogens with zero attached hydrogens (tertiary/aromatic N) is 5. The van der Waals surface area contributed by atoms with Gasteiger partial charge in [0.25, 0.3) is 0 Å². The molecule has 31 heavy (non-hydrogen) atoms. The van der Waals surface area contributed by atoms with Gasteiger partial charge in [-0.2, -0.15) is 5.10 Å². The molecule has 8 nitrogen and oxygen atoms in total. The van der Waals surface area contributed by atoms with E-state index in [9.17, 15) is 4.79 Å². The molecule has 1 unspecified atom stereocenters. The van der Waals surface area contributed by atoms with Gasteiger partial charge in [-0.1, -0.05) is 25.0 Å². The molecule has 0 spiro atoms. The first-order valence-electron chi connectivity index (χ1n) is 11.0. The average molecular weight is 537 g/mol. The Labute approximate surface area is 200 Å². The van der Waals surface area contributed by atoms with Crippen molar-refractivity contribution in [2.75, 3.05) is 19.6 Å². The van der Waals surface area contributed by atoms with Crippen molar-refractivity contribution in [2.24, 2.45) is 10.9 Å². The van der Waals surface area contributed by atoms with Gasteiger partial charge in [-0.25, -0.2) is 14.7 Å². The molecule has 2 aromatic rings. The molecule has 2 aliphatic rings. The number of amides is 1. The van der Waals surface area contributed by atoms with Crippen molar-refractivity contribution in [3.63, 3.8) is 0 Å². The van der Waals surface area contributed by atoms with Crippen LogP contribution in [0.5, 0.6) is 0 Å². The maximum absolute atomic E-state index is 12.7. The van der Waals surface area contributed by atoms with E-state index in [1.165, 1.54) is 19.2 Å². The van der Waals surface area contributed by atoms with Gasteiger partial charge in [-0.05, 0) is 43.9 Å². The maximum atomic E-state index is 12.7. The van der Waals surface area contributed by atoms with Crippen molar-refractivity contribution in [3.8, 4) is 5.69 Å². The van der Waals surface area contributed by atoms with E-state index in [1.54, 1.807) is 11.0 Å². The fraction of sp³-hybridized carbons (Fsp3) is 0.545. The van der Waals surface area contributed by atoms with Crippen LogP contribution in [0.2, 0.25) is 0 Å². The first-order chi connectivity index (χ1) is 14.7. The zero-order chi connectivity index (χ0) is 20.8. The minimum absolute atomic E-state index is 0. The van der Waals surface area contributed by atoms with Gasteiger partial charge in [0.05, 0.1) is 12.2 Å². The smallest absolute Gasteiger partial charge is 0.225 e. The molecule has 0 radical (unpaired) electrons. The molecule has 1 aromatic carbocycles. The molecule has 0 bridgehead atoms. The summed E-state index contributed by atoms with van der Waals surface area (Å²) in [5.41, 5.74) is 2.10. The van der Waals surface area contributed by atoms with Gasteiger partial charge in [0.15, 0.2) is 5.96 Å². The summed E-state index contributed by atoms with van der Waals surface area (Å²) < 4.78 is 1.73. The predicted molar refractivity (Wildman–Crippen MR) is 132 cm³/mol. The van der Waals surface area contributed by atoms with E-state index < -0.39 is 0 Å². The topological polar surface area (TPSA) is 87.4 Å². The van der Waals surface area contributed by atoms with Crippen molar-refractivity contribution < 1.29 is 4.79 Å². The number of likely N-dealkylation sites (tertiary alicyclic amines) is 1. The van der Waals surface area contributed by atoms with Crippen molar-refractivity contribution in [1.82, 2.24) is 30.3 Å². The summed E-state index contributed by atoms with van der Waals surface area (Å²) >= 11 is 0. The van der Waals surface area contributed by atoms with Crippen LogP contribution in [0.1, 0.15) is 44.6 Å². The summed E-state index contributed by atoms with van der Waals surface area (Å²) in [7, 11) is 0. The highest BCUT2D eigenvalue weighted by Crippen LogP contribution is 2.27. The third kappa shape index (κ3) is 6.18. The minimum Gasteiger partial charge on any atom is -0.357 e. The number of aliphatic imine (C=N–C) groups is 1. The molecule has 1 aliphatic heterocycles. The minimum atomic E-state index is 0. The Morgan fingerprint density at radius 1 is 1.19 bits per heavy atom. The van der Waals surface area contributed by atoms with Gasteiger partial charge in [-0.15, -0.1) is 24.0 Å². The number of aromatic nitrogens is 3. The van der Waals surface area contributed by atoms with Crippen LogP contribution in [0.15, 0.2) is 41.9 Å². The van der Waals surface area contributed by atoms with Crippen molar-refractivity contribution in [2.45, 2.75) is 51.6 Å². The van der Waals surface area contributed by atoms with Crippen LogP contribution in [0.4, 0.5) is 0 Å². The Balaban J connectivity index is 0.00000272. The molecule has 9 heteroatoms. The number of hydrogen-bond acceptors (Lipinski definition) is 4. The van der Waals surface area contributed by atoms with E-state index in [-0.39, 0.29) is 35.9 Å². The lowest BCUT2D eigenvalue weighted by Crippen LogP contribution is -2.45. The first-order valence-corrected chi connectivity index (χ1v) is 11.0. The lowest BCUT2D eigenvalue weighted by molar-refractivity contribution is -0.134. The molecular weight excluding hydrogens is 505 g/mol. The van der Waals surface area contributed by atoms with Gasteiger partial charge >= 0.3 is 0 Å². The average Bonchev–Trinajstić information content (AvgIpc) is 3.55. The Morgan fingerprint density at radius 2 is 1.97 bits per heavy atom. The Morgan fingerprint density at radius 3 is 2.65 bits per heavy atom. The number of nitrogens with one attached hydrogen (secondary N) is 2. The first kappa shape index (κ1) is 23.5. The van der Waals surface area contributed by atoms with Gasteiger partial charge in [0, 0.05) is 31.6 Å². The number of carbonyl (C=O) groups is 1. The summed E-state index contributed by atoms with van der Waals surface area (Å²) in [5, 5.41) is 11.0. The quantitative estimate of drug-likeness (QED) is 0.336. The molecule has 1 aromatic heterocycles. The number of benzene rings is 1. The second-order valence-electron chi connectivity index (χ2n) is 8.10. The molecule has 2 N–H and O–H groups in total. The molecule has 1 atom stereocenters. The van der Waals surface area contributed by atoms with Crippen LogP contribution >= 0.6 is 24.0 Å². The van der Waals surface area contributed by atoms with E-state index in [2.05, 4.69) is 39.8 Å². The number of rotatable bonds is 6. The fourth-order valence-electron chi connectivity index (χ4n) is 4.29. The summed E-state index contributed by atoms with van der Waals surface area (Å²) in [5.74, 6) is 1.41. The van der Waals surface area contributed by atoms with Crippen LogP contribution in [0.25, 0.3) is 5.69 Å². The lowest BCUT2D eigenvalue weighted by atomic mass is 10.1. The summed E-state index contributed by atoms with van der Waals surface area (Å²) in [4.78, 5) is 23.4. The standard InChI is InChI=1S/C22H31N7O.HI/c1-2-24-22(25-13-17-7-9-20(10-8-17)29-16-23-15-26-29)27-19-11-12-28(14-19)21(30)18-5-3-4-6-18;/h7-10,15-16,18-19H,2-6,11-14H2,1H3,(H2,24,25,27);1H. The number of hydrogen-bond donors (Lipinski definition) is 2. The fourth-order valence-corrected chi connectivity index (χ4v) is 4.29. The predicted octanol–water partition coefficient (Wildman–Crippen LogP) is 2.73. The van der Waals surface area contributed by atoms with Crippen LogP contribution in [-0.4, -0.2) is 57.2 Å². The highest BCUT2D eigenvalue weighted by Gasteiger charge is 2.32. The molecule has 1 saturated heterocycles. The molecule has 1 amide bonds. The molecule has 168 valence electrons. The van der Waals surface area contributed by atoms with Crippen LogP contribution in [-0.2, 0) is 11.3 Å². The van der Waals surface area contributed by atoms with Crippen LogP contribution in [0, 0.1) is 5.92 Å². The highest BCUT2D eigenvalue weighted by molar-refractivity contribution is 14.0. The van der Waals surface area contributed by atoms with Crippen molar-refractivity contribution in [3.05, 3.63) is 42.5 Å². The summed E-state index contributed by atoms with van der Waals surface area (Å²) in [6.45, 7) is 5.07. The molecule has 1 aliphatic carbocycles. The Bertz CT molecular complexity index is 847. The zero-order valence-electron chi connectivity index (χ0n) is 18.0. The molecule has 2 fully saturated rings. The van der Waals surface area contributed by atoms with Gasteiger partial charge in [0.1, 0.15) is 12.7 Å².